The minimum atomic E-state index is 0.186. The molecule has 4 heteroatoms. The van der Waals surface area contributed by atoms with Crippen molar-refractivity contribution in [1.82, 2.24) is 14.5 Å². The van der Waals surface area contributed by atoms with Crippen molar-refractivity contribution >= 4 is 33.2 Å². The van der Waals surface area contributed by atoms with Gasteiger partial charge < -0.3 is 9.47 Å². The zero-order valence-electron chi connectivity index (χ0n) is 27.3. The number of para-hydroxylation sites is 2. The van der Waals surface area contributed by atoms with Crippen LogP contribution in [0.5, 0.6) is 0 Å². The van der Waals surface area contributed by atoms with Crippen molar-refractivity contribution in [3.05, 3.63) is 188 Å². The highest BCUT2D eigenvalue weighted by Gasteiger charge is 2.38. The lowest BCUT2D eigenvalue weighted by atomic mass is 9.90. The standard InChI is InChI=1S/C46H32N4/c1-4-14-31(15-5-1)40-29-41(32-16-6-2-7-17-32)48-46(47-40)33-24-26-35(27-25-33)50-43-23-13-11-21-37(43)39-28-38-36-20-10-12-22-42(36)49(44(38)30-45(39)50)34-18-8-3-9-19-34/h1-30,37,43H. The monoisotopic (exact) mass is 640 g/mol. The summed E-state index contributed by atoms with van der Waals surface area (Å²) in [6, 6.07) is 56.1. The Balaban J connectivity index is 1.11. The largest absolute Gasteiger partial charge is 0.333 e. The summed E-state index contributed by atoms with van der Waals surface area (Å²) >= 11 is 0. The molecule has 2 atom stereocenters. The van der Waals surface area contributed by atoms with Crippen molar-refractivity contribution in [3.63, 3.8) is 0 Å². The number of nitrogens with zero attached hydrogens (tertiary/aromatic N) is 4. The quantitative estimate of drug-likeness (QED) is 0.188. The molecule has 4 nitrogen and oxygen atoms in total. The average molecular weight is 641 g/mol. The third-order valence-electron chi connectivity index (χ3n) is 10.1. The number of aromatic nitrogens is 3. The van der Waals surface area contributed by atoms with Crippen molar-refractivity contribution in [2.24, 2.45) is 0 Å². The molecule has 0 amide bonds. The highest BCUT2D eigenvalue weighted by molar-refractivity contribution is 6.11. The number of hydrogen-bond donors (Lipinski definition) is 0. The van der Waals surface area contributed by atoms with Crippen LogP contribution in [0.2, 0.25) is 0 Å². The summed E-state index contributed by atoms with van der Waals surface area (Å²) in [6.45, 7) is 0. The van der Waals surface area contributed by atoms with Gasteiger partial charge in [0.05, 0.1) is 28.5 Å². The van der Waals surface area contributed by atoms with E-state index in [1.54, 1.807) is 0 Å². The number of benzene rings is 6. The summed E-state index contributed by atoms with van der Waals surface area (Å²) in [6.07, 6.45) is 9.07. The van der Waals surface area contributed by atoms with Gasteiger partial charge in [-0.3, -0.25) is 0 Å². The minimum absolute atomic E-state index is 0.186. The minimum Gasteiger partial charge on any atom is -0.333 e. The van der Waals surface area contributed by atoms with Crippen molar-refractivity contribution in [1.29, 1.82) is 0 Å². The zero-order chi connectivity index (χ0) is 33.0. The summed E-state index contributed by atoms with van der Waals surface area (Å²) in [7, 11) is 0. The van der Waals surface area contributed by atoms with E-state index in [1.165, 1.54) is 33.1 Å². The molecule has 0 saturated heterocycles. The molecule has 236 valence electrons. The molecule has 2 unspecified atom stereocenters. The first kappa shape index (κ1) is 28.5. The lowest BCUT2D eigenvalue weighted by Crippen LogP contribution is -2.28. The second-order valence-corrected chi connectivity index (χ2v) is 13.0. The fraction of sp³-hybridized carbons (Fsp3) is 0.0435. The number of allylic oxidation sites excluding steroid dienone is 2. The number of rotatable bonds is 5. The van der Waals surface area contributed by atoms with Gasteiger partial charge in [-0.05, 0) is 66.2 Å². The van der Waals surface area contributed by atoms with Crippen LogP contribution in [0.1, 0.15) is 11.5 Å². The van der Waals surface area contributed by atoms with Crippen LogP contribution in [0.15, 0.2) is 182 Å². The molecule has 2 aromatic heterocycles. The fourth-order valence-electron chi connectivity index (χ4n) is 7.81. The van der Waals surface area contributed by atoms with E-state index in [-0.39, 0.29) is 12.0 Å². The normalized spacial score (nSPS) is 16.2. The molecule has 1 aliphatic carbocycles. The lowest BCUT2D eigenvalue weighted by molar-refractivity contribution is 0.745. The van der Waals surface area contributed by atoms with E-state index in [4.69, 9.17) is 9.97 Å². The van der Waals surface area contributed by atoms with Crippen LogP contribution in [-0.4, -0.2) is 20.6 Å². The van der Waals surface area contributed by atoms with Gasteiger partial charge in [0.15, 0.2) is 5.82 Å². The van der Waals surface area contributed by atoms with Gasteiger partial charge in [-0.15, -0.1) is 0 Å². The van der Waals surface area contributed by atoms with Crippen LogP contribution in [0.3, 0.4) is 0 Å². The third-order valence-corrected chi connectivity index (χ3v) is 10.1. The Morgan fingerprint density at radius 3 is 1.78 bits per heavy atom. The average Bonchev–Trinajstić information content (AvgIpc) is 3.70. The molecule has 0 fully saturated rings. The Morgan fingerprint density at radius 2 is 1.08 bits per heavy atom. The van der Waals surface area contributed by atoms with E-state index >= 15 is 0 Å². The molecule has 0 radical (unpaired) electrons. The maximum Gasteiger partial charge on any atom is 0.160 e. The van der Waals surface area contributed by atoms with Crippen LogP contribution in [-0.2, 0) is 0 Å². The number of hydrogen-bond acceptors (Lipinski definition) is 3. The molecule has 50 heavy (non-hydrogen) atoms. The van der Waals surface area contributed by atoms with Crippen LogP contribution in [0.4, 0.5) is 11.4 Å². The molecule has 3 heterocycles. The fourth-order valence-corrected chi connectivity index (χ4v) is 7.81. The molecule has 6 aromatic carbocycles. The van der Waals surface area contributed by atoms with Gasteiger partial charge >= 0.3 is 0 Å². The van der Waals surface area contributed by atoms with Crippen molar-refractivity contribution in [3.8, 4) is 39.6 Å². The summed E-state index contributed by atoms with van der Waals surface area (Å²) in [5.41, 5.74) is 12.3. The van der Waals surface area contributed by atoms with Crippen molar-refractivity contribution in [2.75, 3.05) is 4.90 Å². The van der Waals surface area contributed by atoms with E-state index in [0.29, 0.717) is 5.82 Å². The SMILES string of the molecule is C1=CC2c3cc4c5ccccc5n(-c5ccccc5)c4cc3N(c3ccc(-c4nc(-c5ccccc5)cc(-c5ccccc5)n4)cc3)C2C=C1. The first-order chi connectivity index (χ1) is 24.8. The third kappa shape index (κ3) is 4.61. The van der Waals surface area contributed by atoms with Gasteiger partial charge in [0.2, 0.25) is 0 Å². The topological polar surface area (TPSA) is 34.0 Å². The Kier molecular flexibility index (Phi) is 6.59. The molecule has 8 aromatic rings. The molecule has 0 saturated carbocycles. The van der Waals surface area contributed by atoms with Crippen molar-refractivity contribution < 1.29 is 0 Å². The van der Waals surface area contributed by atoms with Crippen LogP contribution < -0.4 is 4.90 Å². The molecule has 0 bridgehead atoms. The number of anilines is 2. The Labute approximate surface area is 290 Å². The highest BCUT2D eigenvalue weighted by Crippen LogP contribution is 2.50. The smallest absolute Gasteiger partial charge is 0.160 e. The summed E-state index contributed by atoms with van der Waals surface area (Å²) in [5, 5.41) is 2.56. The van der Waals surface area contributed by atoms with Gasteiger partial charge in [-0.25, -0.2) is 9.97 Å². The predicted octanol–water partition coefficient (Wildman–Crippen LogP) is 11.3. The Morgan fingerprint density at radius 1 is 0.460 bits per heavy atom. The van der Waals surface area contributed by atoms with E-state index < -0.39 is 0 Å². The molecule has 2 aliphatic rings. The summed E-state index contributed by atoms with van der Waals surface area (Å²) in [4.78, 5) is 12.7. The van der Waals surface area contributed by atoms with Gasteiger partial charge in [-0.1, -0.05) is 121 Å². The van der Waals surface area contributed by atoms with Crippen LogP contribution >= 0.6 is 0 Å². The van der Waals surface area contributed by atoms with Gasteiger partial charge in [0, 0.05) is 50.4 Å². The van der Waals surface area contributed by atoms with Gasteiger partial charge in [0.25, 0.3) is 0 Å². The van der Waals surface area contributed by atoms with Crippen molar-refractivity contribution in [2.45, 2.75) is 12.0 Å². The van der Waals surface area contributed by atoms with Gasteiger partial charge in [0.1, 0.15) is 0 Å². The maximum absolute atomic E-state index is 5.07. The molecule has 10 rings (SSSR count). The molecular weight excluding hydrogens is 609 g/mol. The molecule has 0 N–H and O–H groups in total. The second-order valence-electron chi connectivity index (χ2n) is 13.0. The van der Waals surface area contributed by atoms with E-state index in [2.05, 4.69) is 179 Å². The predicted molar refractivity (Wildman–Crippen MR) is 206 cm³/mol. The maximum atomic E-state index is 5.07. The van der Waals surface area contributed by atoms with E-state index in [0.717, 1.165) is 39.5 Å². The van der Waals surface area contributed by atoms with Crippen LogP contribution in [0, 0.1) is 0 Å². The van der Waals surface area contributed by atoms with Gasteiger partial charge in [-0.2, -0.15) is 0 Å². The lowest BCUT2D eigenvalue weighted by Gasteiger charge is -2.29. The van der Waals surface area contributed by atoms with E-state index in [9.17, 15) is 0 Å². The Bertz CT molecular complexity index is 2530. The molecule has 1 aliphatic heterocycles. The summed E-state index contributed by atoms with van der Waals surface area (Å²) in [5.74, 6) is 0.975. The van der Waals surface area contributed by atoms with E-state index in [1.807, 2.05) is 12.1 Å². The second kappa shape index (κ2) is 11.6. The summed E-state index contributed by atoms with van der Waals surface area (Å²) < 4.78 is 2.40. The first-order valence-electron chi connectivity index (χ1n) is 17.2. The molecule has 0 spiro atoms. The highest BCUT2D eigenvalue weighted by atomic mass is 15.2. The Hall–Kier alpha value is -6.52. The first-order valence-corrected chi connectivity index (χ1v) is 17.2. The molecular formula is C46H32N4. The van der Waals surface area contributed by atoms with Crippen LogP contribution in [0.25, 0.3) is 61.4 Å². The number of fused-ring (bicyclic) bond motifs is 6. The zero-order valence-corrected chi connectivity index (χ0v) is 27.3.